The molecule has 2 aliphatic rings. The van der Waals surface area contributed by atoms with Crippen molar-refractivity contribution in [3.8, 4) is 0 Å². The minimum absolute atomic E-state index is 0.848. The minimum Gasteiger partial charge on any atom is -0.313 e. The number of benzene rings is 1. The van der Waals surface area contributed by atoms with E-state index in [0.717, 1.165) is 12.6 Å². The fraction of sp³-hybridized carbons (Fsp3) is 0.571. The lowest BCUT2D eigenvalue weighted by molar-refractivity contribution is 0.726. The quantitative estimate of drug-likeness (QED) is 0.620. The van der Waals surface area contributed by atoms with E-state index in [9.17, 15) is 0 Å². The molecule has 2 heteroatoms. The average Bonchev–Trinajstić information content (AvgIpc) is 3.01. The fourth-order valence-electron chi connectivity index (χ4n) is 2.36. The van der Waals surface area contributed by atoms with Gasteiger partial charge in [-0.05, 0) is 55.4 Å². The smallest absolute Gasteiger partial charge is 0.0106 e. The molecule has 2 aliphatic carbocycles. The summed E-state index contributed by atoms with van der Waals surface area (Å²) >= 11 is 1.99. The summed E-state index contributed by atoms with van der Waals surface area (Å²) in [4.78, 5) is 1.46. The van der Waals surface area contributed by atoms with Crippen LogP contribution < -0.4 is 5.32 Å². The Morgan fingerprint density at radius 2 is 2.06 bits per heavy atom. The Morgan fingerprint density at radius 1 is 1.19 bits per heavy atom. The van der Waals surface area contributed by atoms with E-state index >= 15 is 0 Å². The molecule has 0 radical (unpaired) electrons. The molecule has 0 spiro atoms. The second kappa shape index (κ2) is 4.80. The van der Waals surface area contributed by atoms with E-state index in [1.54, 1.807) is 11.1 Å². The Morgan fingerprint density at radius 3 is 2.94 bits per heavy atom. The maximum Gasteiger partial charge on any atom is 0.0106 e. The zero-order chi connectivity index (χ0) is 10.8. The molecule has 1 N–H and O–H groups in total. The van der Waals surface area contributed by atoms with Gasteiger partial charge in [0.2, 0.25) is 0 Å². The van der Waals surface area contributed by atoms with Crippen LogP contribution in [0.2, 0.25) is 0 Å². The third-order valence-corrected chi connectivity index (χ3v) is 4.45. The molecular formula is C14H19NS. The van der Waals surface area contributed by atoms with Crippen molar-refractivity contribution in [2.75, 3.05) is 12.3 Å². The second-order valence-electron chi connectivity index (χ2n) is 4.86. The molecule has 0 atom stereocenters. The first-order chi connectivity index (χ1) is 7.92. The van der Waals surface area contributed by atoms with Crippen molar-refractivity contribution in [1.82, 2.24) is 5.32 Å². The van der Waals surface area contributed by atoms with Crippen LogP contribution in [0.15, 0.2) is 23.1 Å². The van der Waals surface area contributed by atoms with Gasteiger partial charge >= 0.3 is 0 Å². The van der Waals surface area contributed by atoms with Crippen molar-refractivity contribution in [2.24, 2.45) is 0 Å². The van der Waals surface area contributed by atoms with Gasteiger partial charge in [-0.3, -0.25) is 0 Å². The van der Waals surface area contributed by atoms with Gasteiger partial charge in [0.25, 0.3) is 0 Å². The number of hydrogen-bond acceptors (Lipinski definition) is 2. The van der Waals surface area contributed by atoms with Crippen LogP contribution in [-0.2, 0) is 12.8 Å². The lowest BCUT2D eigenvalue weighted by Gasteiger charge is -2.05. The highest BCUT2D eigenvalue weighted by Crippen LogP contribution is 2.27. The number of hydrogen-bond donors (Lipinski definition) is 1. The Bertz CT molecular complexity index is 371. The molecule has 0 aromatic heterocycles. The van der Waals surface area contributed by atoms with Gasteiger partial charge in [0.05, 0.1) is 0 Å². The zero-order valence-electron chi connectivity index (χ0n) is 9.67. The van der Waals surface area contributed by atoms with E-state index < -0.39 is 0 Å². The summed E-state index contributed by atoms with van der Waals surface area (Å²) < 4.78 is 0. The molecule has 86 valence electrons. The molecule has 0 amide bonds. The zero-order valence-corrected chi connectivity index (χ0v) is 10.5. The lowest BCUT2D eigenvalue weighted by atomic mass is 10.1. The van der Waals surface area contributed by atoms with E-state index in [4.69, 9.17) is 0 Å². The maximum atomic E-state index is 3.56. The fourth-order valence-corrected chi connectivity index (χ4v) is 3.20. The van der Waals surface area contributed by atoms with Crippen LogP contribution in [0, 0.1) is 0 Å². The largest absolute Gasteiger partial charge is 0.313 e. The summed E-state index contributed by atoms with van der Waals surface area (Å²) in [6, 6.07) is 7.88. The van der Waals surface area contributed by atoms with Crippen molar-refractivity contribution in [1.29, 1.82) is 0 Å². The summed E-state index contributed by atoms with van der Waals surface area (Å²) in [5.74, 6) is 1.20. The molecule has 0 aliphatic heterocycles. The number of fused-ring (bicyclic) bond motifs is 1. The highest BCUT2D eigenvalue weighted by Gasteiger charge is 2.19. The molecule has 0 heterocycles. The van der Waals surface area contributed by atoms with Gasteiger partial charge in [0.1, 0.15) is 0 Å². The van der Waals surface area contributed by atoms with Crippen molar-refractivity contribution < 1.29 is 0 Å². The molecule has 0 unspecified atom stereocenters. The van der Waals surface area contributed by atoms with Crippen LogP contribution in [0.3, 0.4) is 0 Å². The van der Waals surface area contributed by atoms with Gasteiger partial charge < -0.3 is 5.32 Å². The van der Waals surface area contributed by atoms with Crippen molar-refractivity contribution in [3.63, 3.8) is 0 Å². The Hall–Kier alpha value is -0.470. The maximum absolute atomic E-state index is 3.56. The van der Waals surface area contributed by atoms with Crippen LogP contribution in [0.4, 0.5) is 0 Å². The summed E-state index contributed by atoms with van der Waals surface area (Å²) in [5, 5.41) is 3.56. The SMILES string of the molecule is c1cc2c(cc1SCCNC1CC1)CCC2. The van der Waals surface area contributed by atoms with E-state index in [2.05, 4.69) is 23.5 Å². The lowest BCUT2D eigenvalue weighted by Crippen LogP contribution is -2.19. The number of aryl methyl sites for hydroxylation is 2. The number of thioether (sulfide) groups is 1. The predicted molar refractivity (Wildman–Crippen MR) is 70.2 cm³/mol. The number of rotatable bonds is 5. The molecule has 1 saturated carbocycles. The van der Waals surface area contributed by atoms with E-state index in [1.807, 2.05) is 11.8 Å². The van der Waals surface area contributed by atoms with E-state index in [0.29, 0.717) is 0 Å². The minimum atomic E-state index is 0.848. The molecule has 0 saturated heterocycles. The summed E-state index contributed by atoms with van der Waals surface area (Å²) in [5.41, 5.74) is 3.18. The van der Waals surface area contributed by atoms with Gasteiger partial charge in [-0.25, -0.2) is 0 Å². The Balaban J connectivity index is 1.49. The summed E-state index contributed by atoms with van der Waals surface area (Å²) in [6.07, 6.45) is 6.73. The first kappa shape index (κ1) is 10.7. The van der Waals surface area contributed by atoms with Crippen LogP contribution in [0.5, 0.6) is 0 Å². The molecule has 0 bridgehead atoms. The first-order valence-electron chi connectivity index (χ1n) is 6.40. The van der Waals surface area contributed by atoms with Gasteiger partial charge in [-0.1, -0.05) is 6.07 Å². The van der Waals surface area contributed by atoms with Crippen LogP contribution in [0.25, 0.3) is 0 Å². The molecule has 1 nitrogen and oxygen atoms in total. The molecular weight excluding hydrogens is 214 g/mol. The predicted octanol–water partition coefficient (Wildman–Crippen LogP) is 3.02. The summed E-state index contributed by atoms with van der Waals surface area (Å²) in [7, 11) is 0. The van der Waals surface area contributed by atoms with Crippen LogP contribution in [0.1, 0.15) is 30.4 Å². The van der Waals surface area contributed by atoms with E-state index in [-0.39, 0.29) is 0 Å². The Kier molecular flexibility index (Phi) is 3.20. The van der Waals surface area contributed by atoms with Crippen LogP contribution in [-0.4, -0.2) is 18.3 Å². The Labute approximate surface area is 102 Å². The first-order valence-corrected chi connectivity index (χ1v) is 7.38. The van der Waals surface area contributed by atoms with Gasteiger partial charge in [-0.2, -0.15) is 0 Å². The molecule has 16 heavy (non-hydrogen) atoms. The van der Waals surface area contributed by atoms with Gasteiger partial charge in [-0.15, -0.1) is 11.8 Å². The second-order valence-corrected chi connectivity index (χ2v) is 6.03. The van der Waals surface area contributed by atoms with Crippen molar-refractivity contribution in [3.05, 3.63) is 29.3 Å². The van der Waals surface area contributed by atoms with Crippen molar-refractivity contribution in [2.45, 2.75) is 43.0 Å². The summed E-state index contributed by atoms with van der Waals surface area (Å²) in [6.45, 7) is 1.16. The van der Waals surface area contributed by atoms with Gasteiger partial charge in [0.15, 0.2) is 0 Å². The number of nitrogens with one attached hydrogen (secondary N) is 1. The monoisotopic (exact) mass is 233 g/mol. The average molecular weight is 233 g/mol. The highest BCUT2D eigenvalue weighted by molar-refractivity contribution is 7.99. The van der Waals surface area contributed by atoms with Crippen molar-refractivity contribution >= 4 is 11.8 Å². The molecule has 1 fully saturated rings. The standard InChI is InChI=1S/C14H19NS/c1-2-11-4-7-14(10-12(11)3-1)16-9-8-15-13-5-6-13/h4,7,10,13,15H,1-3,5-6,8-9H2. The van der Waals surface area contributed by atoms with Crippen LogP contribution >= 0.6 is 11.8 Å². The third kappa shape index (κ3) is 2.61. The molecule has 3 rings (SSSR count). The highest BCUT2D eigenvalue weighted by atomic mass is 32.2. The normalized spacial score (nSPS) is 18.8. The van der Waals surface area contributed by atoms with E-state index in [1.165, 1.54) is 42.8 Å². The van der Waals surface area contributed by atoms with Gasteiger partial charge in [0, 0.05) is 23.2 Å². The molecule has 1 aromatic carbocycles. The third-order valence-electron chi connectivity index (χ3n) is 3.45. The molecule has 1 aromatic rings. The topological polar surface area (TPSA) is 12.0 Å².